The highest BCUT2D eigenvalue weighted by molar-refractivity contribution is 8.76. The van der Waals surface area contributed by atoms with Crippen LogP contribution in [0.1, 0.15) is 62.5 Å². The van der Waals surface area contributed by atoms with Gasteiger partial charge in [0, 0.05) is 11.5 Å². The summed E-state index contributed by atoms with van der Waals surface area (Å²) in [4.78, 5) is 0. The molecule has 0 N–H and O–H groups in total. The fraction of sp³-hybridized carbons (Fsp3) is 0.316. The van der Waals surface area contributed by atoms with Gasteiger partial charge in [0.1, 0.15) is 11.5 Å². The van der Waals surface area contributed by atoms with E-state index in [4.69, 9.17) is 20.0 Å². The van der Waals surface area contributed by atoms with Gasteiger partial charge in [-0.25, -0.2) is 0 Å². The van der Waals surface area contributed by atoms with Gasteiger partial charge in [-0.2, -0.15) is 10.5 Å². The maximum absolute atomic E-state index is 8.95. The van der Waals surface area contributed by atoms with Crippen molar-refractivity contribution in [3.63, 3.8) is 0 Å². The molecule has 4 rings (SSSR count). The van der Waals surface area contributed by atoms with Gasteiger partial charge in [-0.05, 0) is 96.5 Å². The van der Waals surface area contributed by atoms with Gasteiger partial charge in [-0.3, -0.25) is 0 Å². The van der Waals surface area contributed by atoms with Crippen LogP contribution in [0.25, 0.3) is 22.3 Å². The molecule has 0 unspecified atom stereocenters. The molecule has 0 saturated heterocycles. The first-order valence-corrected chi connectivity index (χ1v) is 18.0. The van der Waals surface area contributed by atoms with Crippen LogP contribution in [0.3, 0.4) is 0 Å². The fourth-order valence-corrected chi connectivity index (χ4v) is 6.99. The van der Waals surface area contributed by atoms with Gasteiger partial charge in [0.15, 0.2) is 0 Å². The average molecular weight is 621 g/mol. The summed E-state index contributed by atoms with van der Waals surface area (Å²) in [7, 11) is 4.03. The fourth-order valence-electron chi connectivity index (χ4n) is 4.69. The minimum absolute atomic E-state index is 0.678. The zero-order valence-electron chi connectivity index (χ0n) is 25.3. The van der Waals surface area contributed by atoms with Gasteiger partial charge in [0.25, 0.3) is 0 Å². The lowest BCUT2D eigenvalue weighted by atomic mass is 10.0. The summed E-state index contributed by atoms with van der Waals surface area (Å²) < 4.78 is 11.8. The molecule has 0 radical (unpaired) electrons. The Balaban J connectivity index is 0.921. The van der Waals surface area contributed by atoms with Crippen molar-refractivity contribution in [3.8, 4) is 45.9 Å². The van der Waals surface area contributed by atoms with E-state index in [0.29, 0.717) is 11.1 Å². The molecular formula is C38H40N2O2S2. The van der Waals surface area contributed by atoms with Crippen molar-refractivity contribution in [2.24, 2.45) is 0 Å². The Labute approximate surface area is 270 Å². The van der Waals surface area contributed by atoms with Crippen molar-refractivity contribution in [3.05, 3.63) is 108 Å². The number of benzene rings is 4. The van der Waals surface area contributed by atoms with Crippen LogP contribution in [0.2, 0.25) is 0 Å². The highest BCUT2D eigenvalue weighted by Crippen LogP contribution is 2.26. The highest BCUT2D eigenvalue weighted by atomic mass is 33.1. The van der Waals surface area contributed by atoms with E-state index in [1.54, 1.807) is 0 Å². The molecule has 6 heteroatoms. The van der Waals surface area contributed by atoms with E-state index in [-0.39, 0.29) is 0 Å². The van der Waals surface area contributed by atoms with Crippen LogP contribution in [-0.2, 0) is 0 Å². The summed E-state index contributed by atoms with van der Waals surface area (Å²) in [6.07, 6.45) is 9.63. The molecule has 44 heavy (non-hydrogen) atoms. The second kappa shape index (κ2) is 19.4. The van der Waals surface area contributed by atoms with E-state index < -0.39 is 0 Å². The minimum Gasteiger partial charge on any atom is -0.494 e. The smallest absolute Gasteiger partial charge is 0.119 e. The molecular weight excluding hydrogens is 581 g/mol. The maximum Gasteiger partial charge on any atom is 0.119 e. The molecule has 4 aromatic carbocycles. The molecule has 4 aromatic rings. The summed E-state index contributed by atoms with van der Waals surface area (Å²) >= 11 is 0. The summed E-state index contributed by atoms with van der Waals surface area (Å²) in [6.45, 7) is 1.52. The number of ether oxygens (including phenoxy) is 2. The molecule has 0 fully saturated rings. The van der Waals surface area contributed by atoms with Gasteiger partial charge in [0.05, 0.1) is 36.5 Å². The lowest BCUT2D eigenvalue weighted by Crippen LogP contribution is -1.97. The molecule has 0 bridgehead atoms. The number of rotatable bonds is 19. The van der Waals surface area contributed by atoms with E-state index in [0.717, 1.165) is 59.8 Å². The van der Waals surface area contributed by atoms with Crippen molar-refractivity contribution < 1.29 is 9.47 Å². The van der Waals surface area contributed by atoms with Crippen LogP contribution < -0.4 is 9.47 Å². The molecule has 0 aliphatic carbocycles. The zero-order chi connectivity index (χ0) is 30.7. The van der Waals surface area contributed by atoms with E-state index in [9.17, 15) is 0 Å². The summed E-state index contributed by atoms with van der Waals surface area (Å²) in [5, 5.41) is 17.9. The molecule has 0 heterocycles. The first-order valence-electron chi connectivity index (χ1n) is 15.5. The topological polar surface area (TPSA) is 66.0 Å². The largest absolute Gasteiger partial charge is 0.494 e. The predicted molar refractivity (Wildman–Crippen MR) is 186 cm³/mol. The lowest BCUT2D eigenvalue weighted by Gasteiger charge is -2.08. The molecule has 226 valence electrons. The Hall–Kier alpha value is -3.84. The monoisotopic (exact) mass is 620 g/mol. The quantitative estimate of drug-likeness (QED) is 0.0767. The van der Waals surface area contributed by atoms with Gasteiger partial charge >= 0.3 is 0 Å². The Morgan fingerprint density at radius 3 is 1.07 bits per heavy atom. The van der Waals surface area contributed by atoms with Crippen molar-refractivity contribution >= 4 is 21.6 Å². The van der Waals surface area contributed by atoms with Crippen LogP contribution in [0, 0.1) is 22.7 Å². The Bertz CT molecular complexity index is 1340. The highest BCUT2D eigenvalue weighted by Gasteiger charge is 2.02. The van der Waals surface area contributed by atoms with E-state index in [1.165, 1.54) is 50.0 Å². The van der Waals surface area contributed by atoms with Crippen molar-refractivity contribution in [1.29, 1.82) is 10.5 Å². The summed E-state index contributed by atoms with van der Waals surface area (Å²) in [5.74, 6) is 4.27. The first kappa shape index (κ1) is 33.1. The molecule has 0 saturated carbocycles. The maximum atomic E-state index is 8.95. The van der Waals surface area contributed by atoms with Crippen molar-refractivity contribution in [2.75, 3.05) is 24.7 Å². The van der Waals surface area contributed by atoms with Gasteiger partial charge in [-0.1, -0.05) is 95.8 Å². The zero-order valence-corrected chi connectivity index (χ0v) is 26.9. The van der Waals surface area contributed by atoms with Crippen molar-refractivity contribution in [2.45, 2.75) is 51.4 Å². The number of hydrogen-bond donors (Lipinski definition) is 0. The molecule has 0 aliphatic rings. The van der Waals surface area contributed by atoms with Crippen LogP contribution in [0.4, 0.5) is 0 Å². The number of hydrogen-bond acceptors (Lipinski definition) is 6. The third-order valence-corrected chi connectivity index (χ3v) is 9.85. The van der Waals surface area contributed by atoms with Gasteiger partial charge in [-0.15, -0.1) is 0 Å². The predicted octanol–water partition coefficient (Wildman–Crippen LogP) is 10.7. The molecule has 0 aromatic heterocycles. The first-order chi connectivity index (χ1) is 21.7. The van der Waals surface area contributed by atoms with E-state index in [2.05, 4.69) is 36.4 Å². The van der Waals surface area contributed by atoms with Crippen LogP contribution in [-0.4, -0.2) is 24.7 Å². The number of unbranched alkanes of at least 4 members (excludes halogenated alkanes) is 6. The Kier molecular flexibility index (Phi) is 14.6. The second-order valence-electron chi connectivity index (χ2n) is 10.6. The Morgan fingerprint density at radius 1 is 0.409 bits per heavy atom. The summed E-state index contributed by atoms with van der Waals surface area (Å²) in [6, 6.07) is 36.0. The SMILES string of the molecule is N#Cc1ccc(-c2ccc(OCCCCCCSSCCCCCCOc3ccc(-c4ccc(C#N)cc4)cc3)cc2)cc1. The lowest BCUT2D eigenvalue weighted by molar-refractivity contribution is 0.305. The van der Waals surface area contributed by atoms with Crippen LogP contribution in [0.5, 0.6) is 11.5 Å². The molecule has 0 atom stereocenters. The van der Waals surface area contributed by atoms with Crippen molar-refractivity contribution in [1.82, 2.24) is 0 Å². The number of nitriles is 2. The third kappa shape index (κ3) is 11.7. The average Bonchev–Trinajstić information content (AvgIpc) is 3.08. The van der Waals surface area contributed by atoms with Crippen LogP contribution >= 0.6 is 21.6 Å². The van der Waals surface area contributed by atoms with Gasteiger partial charge in [0.2, 0.25) is 0 Å². The number of nitrogens with zero attached hydrogens (tertiary/aromatic N) is 2. The van der Waals surface area contributed by atoms with Gasteiger partial charge < -0.3 is 9.47 Å². The van der Waals surface area contributed by atoms with Crippen LogP contribution in [0.15, 0.2) is 97.1 Å². The third-order valence-electron chi connectivity index (χ3n) is 7.27. The molecule has 4 nitrogen and oxygen atoms in total. The Morgan fingerprint density at radius 2 is 0.727 bits per heavy atom. The van der Waals surface area contributed by atoms with E-state index >= 15 is 0 Å². The second-order valence-corrected chi connectivity index (χ2v) is 13.3. The summed E-state index contributed by atoms with van der Waals surface area (Å²) in [5.41, 5.74) is 5.82. The molecule has 0 spiro atoms. The standard InChI is InChI=1S/C38H40N2O2S2/c39-29-31-9-13-33(14-10-31)35-17-21-37(22-18-35)41-25-5-1-3-7-27-43-44-28-8-4-2-6-26-42-38-23-19-36(20-24-38)34-15-11-32(30-40)12-16-34/h9-24H,1-8,25-28H2. The molecule has 0 aliphatic heterocycles. The molecule has 0 amide bonds. The van der Waals surface area contributed by atoms with E-state index in [1.807, 2.05) is 94.4 Å². The minimum atomic E-state index is 0.678. The normalized spacial score (nSPS) is 10.6.